The van der Waals surface area contributed by atoms with Gasteiger partial charge in [-0.3, -0.25) is 0 Å². The SMILES string of the molecule is CCCCCCc1ccc(CCC2=CCC([C@H]3CC[C@H](CCCC)CC3)CC2)cc1. The molecule has 0 heterocycles. The van der Waals surface area contributed by atoms with E-state index in [1.54, 1.807) is 5.57 Å². The Kier molecular flexibility index (Phi) is 10.5. The molecule has 1 unspecified atom stereocenters. The Morgan fingerprint density at radius 3 is 2.00 bits per heavy atom. The van der Waals surface area contributed by atoms with Crippen LogP contribution in [0.5, 0.6) is 0 Å². The monoisotopic (exact) mass is 408 g/mol. The highest BCUT2D eigenvalue weighted by Gasteiger charge is 2.28. The summed E-state index contributed by atoms with van der Waals surface area (Å²) in [5, 5.41) is 0. The Hall–Kier alpha value is -1.04. The van der Waals surface area contributed by atoms with Crippen molar-refractivity contribution in [3.63, 3.8) is 0 Å². The summed E-state index contributed by atoms with van der Waals surface area (Å²) in [6, 6.07) is 9.53. The predicted molar refractivity (Wildman–Crippen MR) is 133 cm³/mol. The summed E-state index contributed by atoms with van der Waals surface area (Å²) in [4.78, 5) is 0. The van der Waals surface area contributed by atoms with Crippen LogP contribution in [0.2, 0.25) is 0 Å². The highest BCUT2D eigenvalue weighted by atomic mass is 14.3. The van der Waals surface area contributed by atoms with Crippen LogP contribution in [0.25, 0.3) is 0 Å². The number of allylic oxidation sites excluding steroid dienone is 2. The first-order valence-electron chi connectivity index (χ1n) is 13.5. The molecule has 0 aromatic heterocycles. The Balaban J connectivity index is 1.34. The second-order valence-electron chi connectivity index (χ2n) is 10.4. The summed E-state index contributed by atoms with van der Waals surface area (Å²) in [6.45, 7) is 4.62. The second-order valence-corrected chi connectivity index (χ2v) is 10.4. The fourth-order valence-electron chi connectivity index (χ4n) is 5.94. The zero-order valence-corrected chi connectivity index (χ0v) is 20.1. The molecule has 2 aliphatic carbocycles. The lowest BCUT2D eigenvalue weighted by Gasteiger charge is -2.35. The second kappa shape index (κ2) is 13.4. The highest BCUT2D eigenvalue weighted by molar-refractivity contribution is 5.24. The zero-order chi connectivity index (χ0) is 21.0. The summed E-state index contributed by atoms with van der Waals surface area (Å²) in [6.07, 6.45) is 26.5. The molecule has 0 heteroatoms. The van der Waals surface area contributed by atoms with Gasteiger partial charge in [-0.05, 0) is 86.7 Å². The molecular weight excluding hydrogens is 360 g/mol. The van der Waals surface area contributed by atoms with Gasteiger partial charge in [0.1, 0.15) is 0 Å². The number of hydrogen-bond donors (Lipinski definition) is 0. The number of rotatable bonds is 12. The van der Waals surface area contributed by atoms with Crippen molar-refractivity contribution < 1.29 is 0 Å². The molecule has 1 saturated carbocycles. The van der Waals surface area contributed by atoms with Crippen LogP contribution in [0.15, 0.2) is 35.9 Å². The van der Waals surface area contributed by atoms with Gasteiger partial charge in [0.2, 0.25) is 0 Å². The Morgan fingerprint density at radius 1 is 0.667 bits per heavy atom. The van der Waals surface area contributed by atoms with E-state index in [0.29, 0.717) is 0 Å². The van der Waals surface area contributed by atoms with Crippen molar-refractivity contribution in [2.45, 2.75) is 123 Å². The van der Waals surface area contributed by atoms with Gasteiger partial charge >= 0.3 is 0 Å². The van der Waals surface area contributed by atoms with Crippen LogP contribution in [0.4, 0.5) is 0 Å². The van der Waals surface area contributed by atoms with Crippen molar-refractivity contribution in [3.05, 3.63) is 47.0 Å². The van der Waals surface area contributed by atoms with E-state index in [1.807, 2.05) is 0 Å². The normalized spacial score (nSPS) is 24.6. The molecule has 0 aliphatic heterocycles. The molecule has 0 saturated heterocycles. The Bertz CT molecular complexity index is 599. The van der Waals surface area contributed by atoms with Crippen LogP contribution in [0, 0.1) is 17.8 Å². The topological polar surface area (TPSA) is 0 Å². The first kappa shape index (κ1) is 23.6. The molecule has 1 aromatic carbocycles. The molecule has 2 aliphatic rings. The van der Waals surface area contributed by atoms with Crippen molar-refractivity contribution in [1.29, 1.82) is 0 Å². The predicted octanol–water partition coefficient (Wildman–Crippen LogP) is 9.47. The van der Waals surface area contributed by atoms with Crippen molar-refractivity contribution in [2.24, 2.45) is 17.8 Å². The minimum absolute atomic E-state index is 0.993. The minimum atomic E-state index is 0.993. The van der Waals surface area contributed by atoms with Crippen molar-refractivity contribution >= 4 is 0 Å². The van der Waals surface area contributed by atoms with Crippen molar-refractivity contribution in [2.75, 3.05) is 0 Å². The molecule has 1 fully saturated rings. The van der Waals surface area contributed by atoms with E-state index >= 15 is 0 Å². The fourth-order valence-corrected chi connectivity index (χ4v) is 5.94. The third kappa shape index (κ3) is 7.90. The maximum Gasteiger partial charge on any atom is -0.0241 e. The van der Waals surface area contributed by atoms with E-state index < -0.39 is 0 Å². The third-order valence-corrected chi connectivity index (χ3v) is 8.15. The van der Waals surface area contributed by atoms with Gasteiger partial charge in [0, 0.05) is 0 Å². The summed E-state index contributed by atoms with van der Waals surface area (Å²) in [5.41, 5.74) is 4.80. The molecule has 0 radical (unpaired) electrons. The Morgan fingerprint density at radius 2 is 1.37 bits per heavy atom. The van der Waals surface area contributed by atoms with Gasteiger partial charge in [-0.1, -0.05) is 101 Å². The van der Waals surface area contributed by atoms with Crippen molar-refractivity contribution in [1.82, 2.24) is 0 Å². The summed E-state index contributed by atoms with van der Waals surface area (Å²) in [7, 11) is 0. The molecule has 3 rings (SSSR count). The number of benzene rings is 1. The molecule has 1 aromatic rings. The lowest BCUT2D eigenvalue weighted by Crippen LogP contribution is -2.23. The maximum atomic E-state index is 2.64. The van der Waals surface area contributed by atoms with Crippen molar-refractivity contribution in [3.8, 4) is 0 Å². The highest BCUT2D eigenvalue weighted by Crippen LogP contribution is 2.41. The quantitative estimate of drug-likeness (QED) is 0.238. The molecule has 168 valence electrons. The largest absolute Gasteiger partial charge is 0.0850 e. The third-order valence-electron chi connectivity index (χ3n) is 8.15. The van der Waals surface area contributed by atoms with E-state index in [1.165, 1.54) is 120 Å². The van der Waals surface area contributed by atoms with E-state index in [9.17, 15) is 0 Å². The molecule has 0 bridgehead atoms. The average molecular weight is 409 g/mol. The lowest BCUT2D eigenvalue weighted by molar-refractivity contribution is 0.185. The van der Waals surface area contributed by atoms with Crippen LogP contribution in [-0.4, -0.2) is 0 Å². The average Bonchev–Trinajstić information content (AvgIpc) is 2.81. The molecule has 0 amide bonds. The van der Waals surface area contributed by atoms with Crippen LogP contribution in [-0.2, 0) is 12.8 Å². The molecule has 0 spiro atoms. The fraction of sp³-hybridized carbons (Fsp3) is 0.733. The van der Waals surface area contributed by atoms with Crippen LogP contribution in [0.3, 0.4) is 0 Å². The molecule has 30 heavy (non-hydrogen) atoms. The van der Waals surface area contributed by atoms with Gasteiger partial charge in [-0.15, -0.1) is 0 Å². The molecule has 1 atom stereocenters. The number of hydrogen-bond acceptors (Lipinski definition) is 0. The molecule has 0 N–H and O–H groups in total. The van der Waals surface area contributed by atoms with E-state index in [-0.39, 0.29) is 0 Å². The van der Waals surface area contributed by atoms with Gasteiger partial charge in [0.05, 0.1) is 0 Å². The maximum absolute atomic E-state index is 2.64. The lowest BCUT2D eigenvalue weighted by atomic mass is 9.70. The smallest absolute Gasteiger partial charge is 0.0241 e. The standard InChI is InChI=1S/C30H48/c1-3-5-7-8-10-26-11-13-27(14-12-26)15-16-28-19-23-30(24-20-28)29-21-17-25(18-22-29)9-6-4-2/h11-14,19,25,29-30H,3-10,15-18,20-24H2,1-2H3/t25-,29-,30?. The number of aryl methyl sites for hydroxylation is 2. The van der Waals surface area contributed by atoms with Gasteiger partial charge < -0.3 is 0 Å². The van der Waals surface area contributed by atoms with Gasteiger partial charge in [0.25, 0.3) is 0 Å². The first-order valence-corrected chi connectivity index (χ1v) is 13.5. The summed E-state index contributed by atoms with van der Waals surface area (Å²) < 4.78 is 0. The summed E-state index contributed by atoms with van der Waals surface area (Å²) >= 11 is 0. The van der Waals surface area contributed by atoms with Gasteiger partial charge in [-0.2, -0.15) is 0 Å². The van der Waals surface area contributed by atoms with E-state index in [2.05, 4.69) is 44.2 Å². The van der Waals surface area contributed by atoms with Gasteiger partial charge in [0.15, 0.2) is 0 Å². The number of unbranched alkanes of at least 4 members (excludes halogenated alkanes) is 4. The first-order chi connectivity index (χ1) is 14.8. The molecule has 0 nitrogen and oxygen atoms in total. The minimum Gasteiger partial charge on any atom is -0.0850 e. The van der Waals surface area contributed by atoms with Crippen LogP contribution >= 0.6 is 0 Å². The van der Waals surface area contributed by atoms with E-state index in [0.717, 1.165) is 17.8 Å². The van der Waals surface area contributed by atoms with Gasteiger partial charge in [-0.25, -0.2) is 0 Å². The van der Waals surface area contributed by atoms with E-state index in [4.69, 9.17) is 0 Å². The Labute approximate surface area is 187 Å². The summed E-state index contributed by atoms with van der Waals surface area (Å²) in [5.74, 6) is 3.08. The zero-order valence-electron chi connectivity index (χ0n) is 20.1. The van der Waals surface area contributed by atoms with Crippen LogP contribution < -0.4 is 0 Å². The molecular formula is C30H48. The van der Waals surface area contributed by atoms with Crippen LogP contribution in [0.1, 0.15) is 121 Å².